The fraction of sp³-hybridized carbons (Fsp3) is 0.310. The van der Waals surface area contributed by atoms with Crippen LogP contribution in [0.3, 0.4) is 0 Å². The largest absolute Gasteiger partial charge is 0.461 e. The predicted octanol–water partition coefficient (Wildman–Crippen LogP) is 9.43. The molecule has 2 aromatic rings. The summed E-state index contributed by atoms with van der Waals surface area (Å²) in [4.78, 5) is 0. The van der Waals surface area contributed by atoms with Crippen molar-refractivity contribution in [3.05, 3.63) is 83.4 Å². The average molecular weight is 405 g/mol. The predicted molar refractivity (Wildman–Crippen MR) is 139 cm³/mol. The molecule has 0 unspecified atom stereocenters. The van der Waals surface area contributed by atoms with Crippen LogP contribution in [-0.4, -0.2) is 0 Å². The minimum absolute atomic E-state index is 0.837. The maximum absolute atomic E-state index is 5.79. The molecule has 1 heterocycles. The van der Waals surface area contributed by atoms with Crippen molar-refractivity contribution in [3.63, 3.8) is 0 Å². The normalized spacial score (nSPS) is 10.4. The molecular weight excluding hydrogens is 364 g/mol. The van der Waals surface area contributed by atoms with Crippen molar-refractivity contribution in [3.8, 4) is 24.0 Å². The SMILES string of the molecule is C#C.C/C=C\C(C)=C/CC.C=Cc1oc(C)c(-c2ccccc2C)c1/C=C\C.CC. The topological polar surface area (TPSA) is 13.1 Å². The van der Waals surface area contributed by atoms with Gasteiger partial charge in [0.25, 0.3) is 0 Å². The zero-order valence-electron chi connectivity index (χ0n) is 20.3. The third-order valence-corrected chi connectivity index (χ3v) is 4.04. The van der Waals surface area contributed by atoms with E-state index in [0.29, 0.717) is 0 Å². The molecule has 0 spiro atoms. The van der Waals surface area contributed by atoms with Gasteiger partial charge in [-0.25, -0.2) is 0 Å². The Hall–Kier alpha value is -2.98. The zero-order valence-corrected chi connectivity index (χ0v) is 20.3. The van der Waals surface area contributed by atoms with Crippen molar-refractivity contribution in [1.29, 1.82) is 0 Å². The second kappa shape index (κ2) is 18.1. The highest BCUT2D eigenvalue weighted by Crippen LogP contribution is 2.35. The lowest BCUT2D eigenvalue weighted by atomic mass is 9.96. The van der Waals surface area contributed by atoms with Gasteiger partial charge in [-0.1, -0.05) is 87.6 Å². The fourth-order valence-corrected chi connectivity index (χ4v) is 2.91. The van der Waals surface area contributed by atoms with Crippen molar-refractivity contribution >= 4 is 12.2 Å². The lowest BCUT2D eigenvalue weighted by molar-refractivity contribution is 0.525. The first-order valence-corrected chi connectivity index (χ1v) is 10.6. The lowest BCUT2D eigenvalue weighted by Gasteiger charge is -2.05. The molecule has 0 aliphatic rings. The monoisotopic (exact) mass is 404 g/mol. The summed E-state index contributed by atoms with van der Waals surface area (Å²) < 4.78 is 5.79. The second-order valence-corrected chi connectivity index (χ2v) is 6.19. The molecule has 162 valence electrons. The van der Waals surface area contributed by atoms with Crippen LogP contribution in [0, 0.1) is 26.7 Å². The summed E-state index contributed by atoms with van der Waals surface area (Å²) >= 11 is 0. The van der Waals surface area contributed by atoms with E-state index in [-0.39, 0.29) is 0 Å². The summed E-state index contributed by atoms with van der Waals surface area (Å²) in [6.07, 6.45) is 21.4. The quantitative estimate of drug-likeness (QED) is 0.357. The Morgan fingerprint density at radius 1 is 1.07 bits per heavy atom. The molecule has 0 radical (unpaired) electrons. The van der Waals surface area contributed by atoms with Gasteiger partial charge in [-0.05, 0) is 58.2 Å². The van der Waals surface area contributed by atoms with E-state index >= 15 is 0 Å². The Bertz CT molecular complexity index is 838. The van der Waals surface area contributed by atoms with Crippen LogP contribution in [0.4, 0.5) is 0 Å². The highest BCUT2D eigenvalue weighted by atomic mass is 16.3. The number of hydrogen-bond donors (Lipinski definition) is 0. The van der Waals surface area contributed by atoms with Crippen LogP contribution in [0.2, 0.25) is 0 Å². The van der Waals surface area contributed by atoms with Gasteiger partial charge in [0.15, 0.2) is 0 Å². The molecule has 0 atom stereocenters. The molecule has 0 saturated heterocycles. The van der Waals surface area contributed by atoms with E-state index in [1.165, 1.54) is 22.3 Å². The minimum atomic E-state index is 0.837. The Morgan fingerprint density at radius 3 is 2.13 bits per heavy atom. The van der Waals surface area contributed by atoms with Crippen LogP contribution in [0.1, 0.15) is 70.6 Å². The summed E-state index contributed by atoms with van der Waals surface area (Å²) in [6.45, 7) is 20.2. The molecule has 0 fully saturated rings. The van der Waals surface area contributed by atoms with Crippen LogP contribution >= 0.6 is 0 Å². The number of rotatable bonds is 5. The van der Waals surface area contributed by atoms with Crippen molar-refractivity contribution < 1.29 is 4.42 Å². The first-order chi connectivity index (χ1) is 14.5. The van der Waals surface area contributed by atoms with Crippen LogP contribution in [-0.2, 0) is 0 Å². The van der Waals surface area contributed by atoms with Gasteiger partial charge in [0.1, 0.15) is 11.5 Å². The standard InChI is InChI=1S/C17H18O.C8H14.C2H6.C2H2/c1-5-9-15-16(6-2)18-13(4)17(15)14-11-8-7-10-12(14)3;1-4-6-8(3)7-5-2;2*1-2/h5-11H,2H2,1,3-4H3;4,6-7H,5H2,1-3H3;1-2H3;1-2H/b9-5-;6-4-,8-7-;;. The Balaban J connectivity index is 0. The molecule has 0 N–H and O–H groups in total. The van der Waals surface area contributed by atoms with E-state index in [2.05, 4.69) is 88.8 Å². The molecular formula is C29H40O. The van der Waals surface area contributed by atoms with Crippen LogP contribution in [0.15, 0.2) is 65.1 Å². The smallest absolute Gasteiger partial charge is 0.134 e. The molecule has 30 heavy (non-hydrogen) atoms. The number of furan rings is 1. The highest BCUT2D eigenvalue weighted by molar-refractivity contribution is 5.82. The van der Waals surface area contributed by atoms with E-state index in [4.69, 9.17) is 4.42 Å². The van der Waals surface area contributed by atoms with Gasteiger partial charge in [-0.15, -0.1) is 12.8 Å². The molecule has 0 aliphatic carbocycles. The van der Waals surface area contributed by atoms with Crippen molar-refractivity contribution in [2.24, 2.45) is 0 Å². The van der Waals surface area contributed by atoms with Crippen LogP contribution < -0.4 is 0 Å². The van der Waals surface area contributed by atoms with E-state index in [9.17, 15) is 0 Å². The maximum atomic E-state index is 5.79. The van der Waals surface area contributed by atoms with Gasteiger partial charge in [-0.2, -0.15) is 0 Å². The summed E-state index contributed by atoms with van der Waals surface area (Å²) in [5.41, 5.74) is 6.11. The molecule has 0 amide bonds. The molecule has 0 saturated carbocycles. The van der Waals surface area contributed by atoms with Gasteiger partial charge in [0.05, 0.1) is 0 Å². The molecule has 1 aromatic carbocycles. The molecule has 0 aliphatic heterocycles. The number of benzene rings is 1. The third-order valence-electron chi connectivity index (χ3n) is 4.04. The van der Waals surface area contributed by atoms with Gasteiger partial charge in [-0.3, -0.25) is 0 Å². The van der Waals surface area contributed by atoms with Gasteiger partial charge >= 0.3 is 0 Å². The van der Waals surface area contributed by atoms with Gasteiger partial charge in [0.2, 0.25) is 0 Å². The van der Waals surface area contributed by atoms with E-state index in [1.807, 2.05) is 40.7 Å². The van der Waals surface area contributed by atoms with E-state index in [1.54, 1.807) is 6.08 Å². The Kier molecular flexibility index (Phi) is 17.6. The lowest BCUT2D eigenvalue weighted by Crippen LogP contribution is -1.85. The summed E-state index contributed by atoms with van der Waals surface area (Å²) in [7, 11) is 0. The molecule has 0 bridgehead atoms. The number of terminal acetylenes is 1. The molecule has 1 heteroatoms. The minimum Gasteiger partial charge on any atom is -0.461 e. The van der Waals surface area contributed by atoms with E-state index in [0.717, 1.165) is 23.5 Å². The van der Waals surface area contributed by atoms with Crippen molar-refractivity contribution in [1.82, 2.24) is 0 Å². The Morgan fingerprint density at radius 2 is 1.67 bits per heavy atom. The first-order valence-electron chi connectivity index (χ1n) is 10.6. The number of aryl methyl sites for hydroxylation is 2. The average Bonchev–Trinajstić information content (AvgIpc) is 3.07. The van der Waals surface area contributed by atoms with Gasteiger partial charge in [0, 0.05) is 11.1 Å². The second-order valence-electron chi connectivity index (χ2n) is 6.19. The highest BCUT2D eigenvalue weighted by Gasteiger charge is 2.16. The fourth-order valence-electron chi connectivity index (χ4n) is 2.91. The third kappa shape index (κ3) is 9.48. The van der Waals surface area contributed by atoms with Crippen molar-refractivity contribution in [2.45, 2.75) is 61.8 Å². The number of allylic oxidation sites excluding steroid dienone is 5. The summed E-state index contributed by atoms with van der Waals surface area (Å²) in [5, 5.41) is 0. The Labute approximate surface area is 185 Å². The first kappa shape index (κ1) is 29.2. The summed E-state index contributed by atoms with van der Waals surface area (Å²) in [6, 6.07) is 8.36. The van der Waals surface area contributed by atoms with Crippen LogP contribution in [0.25, 0.3) is 23.3 Å². The summed E-state index contributed by atoms with van der Waals surface area (Å²) in [5.74, 6) is 1.77. The van der Waals surface area contributed by atoms with E-state index < -0.39 is 0 Å². The van der Waals surface area contributed by atoms with Crippen molar-refractivity contribution in [2.75, 3.05) is 0 Å². The maximum Gasteiger partial charge on any atom is 0.134 e. The molecule has 1 aromatic heterocycles. The molecule has 1 nitrogen and oxygen atoms in total. The zero-order chi connectivity index (χ0) is 23.5. The van der Waals surface area contributed by atoms with Crippen LogP contribution in [0.5, 0.6) is 0 Å². The molecule has 2 rings (SSSR count). The number of hydrogen-bond acceptors (Lipinski definition) is 1. The van der Waals surface area contributed by atoms with Gasteiger partial charge < -0.3 is 4.42 Å².